The molecule has 0 saturated heterocycles. The Bertz CT molecular complexity index is 334. The number of hydrazine groups is 1. The van der Waals surface area contributed by atoms with Crippen LogP contribution in [-0.2, 0) is 4.79 Å². The van der Waals surface area contributed by atoms with Crippen molar-refractivity contribution in [3.63, 3.8) is 0 Å². The van der Waals surface area contributed by atoms with Crippen molar-refractivity contribution in [2.45, 2.75) is 19.8 Å². The Morgan fingerprint density at radius 1 is 1.43 bits per heavy atom. The van der Waals surface area contributed by atoms with E-state index in [1.165, 1.54) is 0 Å². The van der Waals surface area contributed by atoms with Crippen LogP contribution in [0.5, 0.6) is 0 Å². The summed E-state index contributed by atoms with van der Waals surface area (Å²) in [6, 6.07) is 7.85. The third-order valence-electron chi connectivity index (χ3n) is 2.37. The largest absolute Gasteiger partial charge is 0.283 e. The lowest BCUT2D eigenvalue weighted by Crippen LogP contribution is -2.36. The van der Waals surface area contributed by atoms with Crippen molar-refractivity contribution in [1.82, 2.24) is 5.01 Å². The zero-order valence-corrected chi connectivity index (χ0v) is 8.82. The van der Waals surface area contributed by atoms with Crippen LogP contribution in [0.3, 0.4) is 0 Å². The molecule has 0 heterocycles. The summed E-state index contributed by atoms with van der Waals surface area (Å²) in [4.78, 5) is 11.6. The summed E-state index contributed by atoms with van der Waals surface area (Å²) >= 11 is 0. The average molecular weight is 192 g/mol. The quantitative estimate of drug-likeness (QED) is 0.438. The van der Waals surface area contributed by atoms with Crippen LogP contribution < -0.4 is 5.84 Å². The lowest BCUT2D eigenvalue weighted by molar-refractivity contribution is -0.131. The highest BCUT2D eigenvalue weighted by molar-refractivity contribution is 5.82. The number of rotatable bonds is 2. The van der Waals surface area contributed by atoms with E-state index >= 15 is 0 Å². The van der Waals surface area contributed by atoms with E-state index in [4.69, 9.17) is 5.84 Å². The summed E-state index contributed by atoms with van der Waals surface area (Å²) in [5.41, 5.74) is 2.16. The van der Waals surface area contributed by atoms with Gasteiger partial charge in [0.1, 0.15) is 0 Å². The Morgan fingerprint density at radius 2 is 2.00 bits per heavy atom. The van der Waals surface area contributed by atoms with Crippen molar-refractivity contribution in [2.24, 2.45) is 5.84 Å². The Kier molecular flexibility index (Phi) is 3.25. The first kappa shape index (κ1) is 10.7. The Morgan fingerprint density at radius 3 is 2.50 bits per heavy atom. The molecule has 0 aliphatic carbocycles. The molecule has 0 aliphatic heterocycles. The van der Waals surface area contributed by atoms with Gasteiger partial charge in [-0.15, -0.1) is 0 Å². The molecule has 3 nitrogen and oxygen atoms in total. The number of nitrogens with two attached hydrogens (primary N) is 1. The second-order valence-electron chi connectivity index (χ2n) is 3.53. The van der Waals surface area contributed by atoms with Crippen LogP contribution in [0.15, 0.2) is 24.3 Å². The molecular formula is C11H16N2O. The lowest BCUT2D eigenvalue weighted by Gasteiger charge is -2.18. The molecule has 0 spiro atoms. The third kappa shape index (κ3) is 2.12. The molecule has 0 bridgehead atoms. The van der Waals surface area contributed by atoms with Gasteiger partial charge in [0.15, 0.2) is 0 Å². The Balaban J connectivity index is 2.95. The molecule has 1 aromatic carbocycles. The van der Waals surface area contributed by atoms with Crippen LogP contribution in [0, 0.1) is 6.92 Å². The Labute approximate surface area is 84.5 Å². The maximum atomic E-state index is 11.6. The van der Waals surface area contributed by atoms with Gasteiger partial charge in [0.2, 0.25) is 5.91 Å². The van der Waals surface area contributed by atoms with Crippen LogP contribution in [0.4, 0.5) is 0 Å². The van der Waals surface area contributed by atoms with Crippen molar-refractivity contribution in [3.05, 3.63) is 35.4 Å². The van der Waals surface area contributed by atoms with Crippen molar-refractivity contribution >= 4 is 5.91 Å². The molecule has 76 valence electrons. The van der Waals surface area contributed by atoms with Crippen molar-refractivity contribution < 1.29 is 4.79 Å². The molecule has 3 heteroatoms. The summed E-state index contributed by atoms with van der Waals surface area (Å²) in [6.45, 7) is 3.86. The highest BCUT2D eigenvalue weighted by Crippen LogP contribution is 2.20. The minimum absolute atomic E-state index is 0.0701. The van der Waals surface area contributed by atoms with Crippen LogP contribution in [-0.4, -0.2) is 18.0 Å². The summed E-state index contributed by atoms with van der Waals surface area (Å²) in [7, 11) is 1.57. The van der Waals surface area contributed by atoms with Gasteiger partial charge in [0, 0.05) is 7.05 Å². The molecule has 2 N–H and O–H groups in total. The standard InChI is InChI=1S/C11H16N2O/c1-8-6-4-5-7-10(8)9(2)11(14)13(3)12/h4-7,9H,12H2,1-3H3. The number of hydrogen-bond acceptors (Lipinski definition) is 2. The van der Waals surface area contributed by atoms with Crippen LogP contribution in [0.2, 0.25) is 0 Å². The fourth-order valence-electron chi connectivity index (χ4n) is 1.51. The van der Waals surface area contributed by atoms with Crippen molar-refractivity contribution in [3.8, 4) is 0 Å². The second kappa shape index (κ2) is 4.24. The number of benzene rings is 1. The van der Waals surface area contributed by atoms with E-state index in [-0.39, 0.29) is 11.8 Å². The molecule has 0 aliphatic rings. The molecule has 1 unspecified atom stereocenters. The van der Waals surface area contributed by atoms with E-state index in [9.17, 15) is 4.79 Å². The normalized spacial score (nSPS) is 12.3. The van der Waals surface area contributed by atoms with Gasteiger partial charge in [-0.05, 0) is 25.0 Å². The van der Waals surface area contributed by atoms with Gasteiger partial charge in [-0.3, -0.25) is 9.80 Å². The van der Waals surface area contributed by atoms with E-state index < -0.39 is 0 Å². The number of aryl methyl sites for hydroxylation is 1. The first-order valence-corrected chi connectivity index (χ1v) is 4.62. The molecule has 1 atom stereocenters. The maximum Gasteiger partial charge on any atom is 0.243 e. The first-order valence-electron chi connectivity index (χ1n) is 4.62. The summed E-state index contributed by atoms with van der Waals surface area (Å²) in [5.74, 6) is 5.16. The zero-order valence-electron chi connectivity index (χ0n) is 8.82. The molecule has 0 aromatic heterocycles. The minimum atomic E-state index is -0.175. The predicted molar refractivity (Wildman–Crippen MR) is 56.6 cm³/mol. The van der Waals surface area contributed by atoms with Crippen LogP contribution in [0.1, 0.15) is 24.0 Å². The predicted octanol–water partition coefficient (Wildman–Crippen LogP) is 1.43. The topological polar surface area (TPSA) is 46.3 Å². The van der Waals surface area contributed by atoms with Gasteiger partial charge in [-0.2, -0.15) is 0 Å². The molecule has 1 amide bonds. The SMILES string of the molecule is Cc1ccccc1C(C)C(=O)N(C)N. The van der Waals surface area contributed by atoms with Crippen LogP contribution >= 0.6 is 0 Å². The number of amides is 1. The van der Waals surface area contributed by atoms with Crippen LogP contribution in [0.25, 0.3) is 0 Å². The van der Waals surface area contributed by atoms with E-state index in [1.807, 2.05) is 38.1 Å². The molecule has 1 aromatic rings. The fourth-order valence-corrected chi connectivity index (χ4v) is 1.51. The van der Waals surface area contributed by atoms with Crippen molar-refractivity contribution in [2.75, 3.05) is 7.05 Å². The lowest BCUT2D eigenvalue weighted by atomic mass is 9.96. The Hall–Kier alpha value is -1.35. The first-order chi connectivity index (χ1) is 6.54. The maximum absolute atomic E-state index is 11.6. The van der Waals surface area contributed by atoms with E-state index in [0.717, 1.165) is 16.1 Å². The molecule has 1 rings (SSSR count). The molecule has 0 radical (unpaired) electrons. The summed E-state index contributed by atoms with van der Waals surface area (Å²) in [6.07, 6.45) is 0. The number of nitrogens with zero attached hydrogens (tertiary/aromatic N) is 1. The average Bonchev–Trinajstić information content (AvgIpc) is 2.16. The van der Waals surface area contributed by atoms with Gasteiger partial charge >= 0.3 is 0 Å². The number of carbonyl (C=O) groups excluding carboxylic acids is 1. The third-order valence-corrected chi connectivity index (χ3v) is 2.37. The van der Waals surface area contributed by atoms with Gasteiger partial charge in [-0.1, -0.05) is 24.3 Å². The fraction of sp³-hybridized carbons (Fsp3) is 0.364. The minimum Gasteiger partial charge on any atom is -0.283 e. The second-order valence-corrected chi connectivity index (χ2v) is 3.53. The monoisotopic (exact) mass is 192 g/mol. The van der Waals surface area contributed by atoms with E-state index in [0.29, 0.717) is 0 Å². The molecule has 14 heavy (non-hydrogen) atoms. The number of carbonyl (C=O) groups is 1. The summed E-state index contributed by atoms with van der Waals surface area (Å²) < 4.78 is 0. The molecular weight excluding hydrogens is 176 g/mol. The molecule has 0 saturated carbocycles. The highest BCUT2D eigenvalue weighted by Gasteiger charge is 2.18. The highest BCUT2D eigenvalue weighted by atomic mass is 16.2. The van der Waals surface area contributed by atoms with Gasteiger partial charge < -0.3 is 0 Å². The van der Waals surface area contributed by atoms with E-state index in [1.54, 1.807) is 7.05 Å². The van der Waals surface area contributed by atoms with Gasteiger partial charge in [0.05, 0.1) is 5.92 Å². The smallest absolute Gasteiger partial charge is 0.243 e. The van der Waals surface area contributed by atoms with Gasteiger partial charge in [-0.25, -0.2) is 5.84 Å². The van der Waals surface area contributed by atoms with E-state index in [2.05, 4.69) is 0 Å². The molecule has 0 fully saturated rings. The summed E-state index contributed by atoms with van der Waals surface area (Å²) in [5, 5.41) is 1.14. The number of likely N-dealkylation sites (N-methyl/N-ethyl adjacent to an activating group) is 1. The van der Waals surface area contributed by atoms with Crippen molar-refractivity contribution in [1.29, 1.82) is 0 Å². The van der Waals surface area contributed by atoms with Gasteiger partial charge in [0.25, 0.3) is 0 Å². The zero-order chi connectivity index (χ0) is 10.7. The number of hydrogen-bond donors (Lipinski definition) is 1.